The molecule has 0 aliphatic carbocycles. The Morgan fingerprint density at radius 2 is 1.94 bits per heavy atom. The summed E-state index contributed by atoms with van der Waals surface area (Å²) >= 11 is 0. The van der Waals surface area contributed by atoms with E-state index in [1.54, 1.807) is 11.8 Å². The highest BCUT2D eigenvalue weighted by Gasteiger charge is 2.07. The van der Waals surface area contributed by atoms with Crippen molar-refractivity contribution in [3.05, 3.63) is 47.8 Å². The van der Waals surface area contributed by atoms with Crippen molar-refractivity contribution in [2.45, 2.75) is 12.8 Å². The molecule has 1 aromatic carbocycles. The third-order valence-electron chi connectivity index (χ3n) is 2.71. The first-order chi connectivity index (χ1) is 8.67. The fraction of sp³-hybridized carbons (Fsp3) is 0.286. The van der Waals surface area contributed by atoms with Gasteiger partial charge in [-0.25, -0.2) is 0 Å². The number of carbonyl (C=O) groups excluding carboxylic acids is 1. The molecule has 0 unspecified atom stereocenters. The molecule has 0 aliphatic heterocycles. The van der Waals surface area contributed by atoms with E-state index >= 15 is 0 Å². The first-order valence-electron chi connectivity index (χ1n) is 5.80. The van der Waals surface area contributed by atoms with Gasteiger partial charge in [-0.3, -0.25) is 9.48 Å². The molecule has 2 aromatic rings. The largest absolute Gasteiger partial charge is 0.497 e. The molecule has 4 nitrogen and oxygen atoms in total. The number of carbonyl (C=O) groups is 1. The van der Waals surface area contributed by atoms with E-state index in [1.807, 2.05) is 43.6 Å². The van der Waals surface area contributed by atoms with Crippen LogP contribution in [0, 0.1) is 0 Å². The predicted octanol–water partition coefficient (Wildman–Crippen LogP) is 1.78. The minimum absolute atomic E-state index is 0.166. The van der Waals surface area contributed by atoms with Gasteiger partial charge in [0.25, 0.3) is 0 Å². The molecule has 0 aliphatic rings. The summed E-state index contributed by atoms with van der Waals surface area (Å²) in [7, 11) is 3.47. The summed E-state index contributed by atoms with van der Waals surface area (Å²) < 4.78 is 6.78. The first-order valence-corrected chi connectivity index (χ1v) is 5.80. The minimum atomic E-state index is 0.166. The van der Waals surface area contributed by atoms with Gasteiger partial charge in [0.15, 0.2) is 0 Å². The van der Waals surface area contributed by atoms with Gasteiger partial charge in [-0.1, -0.05) is 12.1 Å². The second kappa shape index (κ2) is 5.49. The first kappa shape index (κ1) is 12.4. The van der Waals surface area contributed by atoms with Gasteiger partial charge in [-0.05, 0) is 23.8 Å². The van der Waals surface area contributed by atoms with Crippen LogP contribution in [0.1, 0.15) is 11.3 Å². The molecule has 1 aromatic heterocycles. The molecule has 94 valence electrons. The summed E-state index contributed by atoms with van der Waals surface area (Å²) in [5, 5.41) is 4.20. The number of hydrogen-bond donors (Lipinski definition) is 0. The summed E-state index contributed by atoms with van der Waals surface area (Å²) in [5.41, 5.74) is 1.81. The minimum Gasteiger partial charge on any atom is -0.497 e. The summed E-state index contributed by atoms with van der Waals surface area (Å²) in [6.45, 7) is 0. The molecule has 0 N–H and O–H groups in total. The maximum atomic E-state index is 11.9. The number of aromatic nitrogens is 2. The van der Waals surface area contributed by atoms with Gasteiger partial charge in [0.05, 0.1) is 19.2 Å². The van der Waals surface area contributed by atoms with E-state index in [-0.39, 0.29) is 5.78 Å². The number of rotatable bonds is 5. The van der Waals surface area contributed by atoms with Crippen LogP contribution < -0.4 is 4.74 Å². The van der Waals surface area contributed by atoms with Crippen LogP contribution in [0.15, 0.2) is 36.5 Å². The van der Waals surface area contributed by atoms with Crippen molar-refractivity contribution in [2.75, 3.05) is 7.11 Å². The lowest BCUT2D eigenvalue weighted by molar-refractivity contribution is -0.117. The molecule has 0 amide bonds. The topological polar surface area (TPSA) is 44.1 Å². The van der Waals surface area contributed by atoms with Gasteiger partial charge >= 0.3 is 0 Å². The number of benzene rings is 1. The summed E-state index contributed by atoms with van der Waals surface area (Å²) in [5.74, 6) is 0.967. The van der Waals surface area contributed by atoms with Crippen LogP contribution in [0.2, 0.25) is 0 Å². The van der Waals surface area contributed by atoms with Crippen LogP contribution in [0.3, 0.4) is 0 Å². The van der Waals surface area contributed by atoms with E-state index in [2.05, 4.69) is 5.10 Å². The molecule has 0 spiro atoms. The second-order valence-corrected chi connectivity index (χ2v) is 4.22. The summed E-state index contributed by atoms with van der Waals surface area (Å²) in [4.78, 5) is 11.9. The van der Waals surface area contributed by atoms with Crippen molar-refractivity contribution in [1.29, 1.82) is 0 Å². The Labute approximate surface area is 106 Å². The molecule has 1 heterocycles. The Hall–Kier alpha value is -2.10. The normalized spacial score (nSPS) is 10.3. The third kappa shape index (κ3) is 3.20. The predicted molar refractivity (Wildman–Crippen MR) is 68.6 cm³/mol. The lowest BCUT2D eigenvalue weighted by atomic mass is 10.1. The number of ketones is 1. The molecule has 0 saturated carbocycles. The van der Waals surface area contributed by atoms with E-state index in [4.69, 9.17) is 4.74 Å². The zero-order valence-corrected chi connectivity index (χ0v) is 10.6. The van der Waals surface area contributed by atoms with Gasteiger partial charge in [-0.15, -0.1) is 0 Å². The number of methoxy groups -OCH3 is 1. The monoisotopic (exact) mass is 244 g/mol. The number of nitrogens with zero attached hydrogens (tertiary/aromatic N) is 2. The van der Waals surface area contributed by atoms with E-state index in [1.165, 1.54) is 0 Å². The van der Waals surface area contributed by atoms with Gasteiger partial charge in [0.2, 0.25) is 0 Å². The number of ether oxygens (including phenoxy) is 1. The van der Waals surface area contributed by atoms with Crippen molar-refractivity contribution in [2.24, 2.45) is 7.05 Å². The van der Waals surface area contributed by atoms with Gasteiger partial charge in [-0.2, -0.15) is 5.10 Å². The Morgan fingerprint density at radius 1 is 1.22 bits per heavy atom. The highest BCUT2D eigenvalue weighted by molar-refractivity contribution is 5.82. The van der Waals surface area contributed by atoms with Crippen molar-refractivity contribution in [1.82, 2.24) is 9.78 Å². The molecule has 0 radical (unpaired) electrons. The molecule has 0 atom stereocenters. The molecule has 0 saturated heterocycles. The van der Waals surface area contributed by atoms with Gasteiger partial charge < -0.3 is 4.74 Å². The molecule has 0 fully saturated rings. The summed E-state index contributed by atoms with van der Waals surface area (Å²) in [6, 6.07) is 9.42. The SMILES string of the molecule is COc1ccc(CC(=O)Cc2ccn(C)n2)cc1. The fourth-order valence-corrected chi connectivity index (χ4v) is 1.79. The average molecular weight is 244 g/mol. The smallest absolute Gasteiger partial charge is 0.143 e. The van der Waals surface area contributed by atoms with Crippen molar-refractivity contribution in [3.8, 4) is 5.75 Å². The van der Waals surface area contributed by atoms with Crippen molar-refractivity contribution in [3.63, 3.8) is 0 Å². The highest BCUT2D eigenvalue weighted by atomic mass is 16.5. The van der Waals surface area contributed by atoms with E-state index in [0.717, 1.165) is 17.0 Å². The van der Waals surface area contributed by atoms with E-state index < -0.39 is 0 Å². The maximum absolute atomic E-state index is 11.9. The van der Waals surface area contributed by atoms with Crippen molar-refractivity contribution >= 4 is 5.78 Å². The van der Waals surface area contributed by atoms with E-state index in [0.29, 0.717) is 12.8 Å². The van der Waals surface area contributed by atoms with E-state index in [9.17, 15) is 4.79 Å². The van der Waals surface area contributed by atoms with Gasteiger partial charge in [0.1, 0.15) is 11.5 Å². The number of hydrogen-bond acceptors (Lipinski definition) is 3. The van der Waals surface area contributed by atoms with Crippen LogP contribution in [0.4, 0.5) is 0 Å². The molecule has 4 heteroatoms. The molecule has 18 heavy (non-hydrogen) atoms. The molecule has 2 rings (SSSR count). The van der Waals surface area contributed by atoms with Gasteiger partial charge in [0, 0.05) is 19.7 Å². The molecular formula is C14H16N2O2. The second-order valence-electron chi connectivity index (χ2n) is 4.22. The average Bonchev–Trinajstić information content (AvgIpc) is 2.75. The summed E-state index contributed by atoms with van der Waals surface area (Å²) in [6.07, 6.45) is 2.66. The molecule has 0 bridgehead atoms. The zero-order valence-electron chi connectivity index (χ0n) is 10.6. The van der Waals surface area contributed by atoms with Crippen LogP contribution in [0.5, 0.6) is 5.75 Å². The quantitative estimate of drug-likeness (QED) is 0.805. The van der Waals surface area contributed by atoms with Crippen molar-refractivity contribution < 1.29 is 9.53 Å². The Kier molecular flexibility index (Phi) is 3.77. The standard InChI is InChI=1S/C14H16N2O2/c1-16-8-7-12(15-16)10-13(17)9-11-3-5-14(18-2)6-4-11/h3-8H,9-10H2,1-2H3. The Morgan fingerprint density at radius 3 is 2.50 bits per heavy atom. The van der Waals surface area contributed by atoms with Crippen LogP contribution >= 0.6 is 0 Å². The van der Waals surface area contributed by atoms with Crippen LogP contribution in [-0.4, -0.2) is 22.7 Å². The lowest BCUT2D eigenvalue weighted by Crippen LogP contribution is -2.07. The maximum Gasteiger partial charge on any atom is 0.143 e. The number of Topliss-reactive ketones (excluding diaryl/α,β-unsaturated/α-hetero) is 1. The third-order valence-corrected chi connectivity index (χ3v) is 2.71. The Balaban J connectivity index is 1.94. The fourth-order valence-electron chi connectivity index (χ4n) is 1.79. The lowest BCUT2D eigenvalue weighted by Gasteiger charge is -2.02. The highest BCUT2D eigenvalue weighted by Crippen LogP contribution is 2.12. The van der Waals surface area contributed by atoms with Crippen LogP contribution in [-0.2, 0) is 24.7 Å². The molecular weight excluding hydrogens is 228 g/mol. The Bertz CT molecular complexity index is 529. The zero-order chi connectivity index (χ0) is 13.0. The van der Waals surface area contributed by atoms with Crippen LogP contribution in [0.25, 0.3) is 0 Å². The number of aryl methyl sites for hydroxylation is 1.